The van der Waals surface area contributed by atoms with Crippen LogP contribution in [0.25, 0.3) is 0 Å². The largest absolute Gasteiger partial charge is 0.379 e. The van der Waals surface area contributed by atoms with Crippen molar-refractivity contribution in [2.75, 3.05) is 33.4 Å². The molecule has 0 amide bonds. The molecule has 132 valence electrons. The van der Waals surface area contributed by atoms with E-state index in [9.17, 15) is 0 Å². The highest BCUT2D eigenvalue weighted by atomic mass is 16.5. The molecule has 1 aromatic rings. The Hall–Kier alpha value is -1.59. The van der Waals surface area contributed by atoms with Gasteiger partial charge in [-0.25, -0.2) is 0 Å². The second kappa shape index (κ2) is 9.04. The van der Waals surface area contributed by atoms with Crippen molar-refractivity contribution in [3.8, 4) is 0 Å². The molecule has 0 saturated carbocycles. The number of nitrogens with one attached hydrogen (secondary N) is 2. The van der Waals surface area contributed by atoms with Crippen LogP contribution in [-0.4, -0.2) is 45.5 Å². The Balaban J connectivity index is 1.33. The standard InChI is InChI=1S/C19H29N3O2/c1-20-19(21-9-3-10-24-18-8-11-23-14-18)22-13-15-6-7-16-4-2-5-17(16)12-15/h6-7,12,18H,2-5,8-11,13-14H2,1H3,(H2,20,21,22). The first-order valence-corrected chi connectivity index (χ1v) is 9.09. The first-order valence-electron chi connectivity index (χ1n) is 9.09. The number of aryl methyl sites for hydroxylation is 2. The molecule has 24 heavy (non-hydrogen) atoms. The van der Waals surface area contributed by atoms with E-state index in [0.717, 1.165) is 51.7 Å². The van der Waals surface area contributed by atoms with Gasteiger partial charge in [-0.05, 0) is 48.8 Å². The molecule has 0 bridgehead atoms. The van der Waals surface area contributed by atoms with Crippen LogP contribution in [0.5, 0.6) is 0 Å². The third-order valence-corrected chi connectivity index (χ3v) is 4.70. The number of nitrogens with zero attached hydrogens (tertiary/aromatic N) is 1. The van der Waals surface area contributed by atoms with Gasteiger partial charge in [-0.3, -0.25) is 4.99 Å². The van der Waals surface area contributed by atoms with E-state index in [2.05, 4.69) is 33.8 Å². The van der Waals surface area contributed by atoms with E-state index >= 15 is 0 Å². The first kappa shape index (κ1) is 17.2. The van der Waals surface area contributed by atoms with E-state index in [1.54, 1.807) is 0 Å². The molecule has 0 aromatic heterocycles. The molecule has 3 rings (SSSR count). The van der Waals surface area contributed by atoms with Crippen LogP contribution in [-0.2, 0) is 28.9 Å². The van der Waals surface area contributed by atoms with Gasteiger partial charge >= 0.3 is 0 Å². The summed E-state index contributed by atoms with van der Waals surface area (Å²) in [6.07, 6.45) is 6.05. The zero-order chi connectivity index (χ0) is 16.6. The fraction of sp³-hybridized carbons (Fsp3) is 0.632. The minimum absolute atomic E-state index is 0.294. The highest BCUT2D eigenvalue weighted by Crippen LogP contribution is 2.22. The van der Waals surface area contributed by atoms with E-state index in [4.69, 9.17) is 9.47 Å². The van der Waals surface area contributed by atoms with Crippen molar-refractivity contribution in [1.82, 2.24) is 10.6 Å². The zero-order valence-electron chi connectivity index (χ0n) is 14.6. The van der Waals surface area contributed by atoms with Crippen LogP contribution in [0.1, 0.15) is 36.0 Å². The summed E-state index contributed by atoms with van der Waals surface area (Å²) in [5.41, 5.74) is 4.36. The van der Waals surface area contributed by atoms with E-state index in [1.807, 2.05) is 7.05 Å². The van der Waals surface area contributed by atoms with Crippen molar-refractivity contribution in [3.05, 3.63) is 34.9 Å². The number of guanidine groups is 1. The molecule has 5 nitrogen and oxygen atoms in total. The molecule has 1 heterocycles. The second-order valence-corrected chi connectivity index (χ2v) is 6.52. The van der Waals surface area contributed by atoms with Gasteiger partial charge in [0.1, 0.15) is 0 Å². The molecule has 1 unspecified atom stereocenters. The van der Waals surface area contributed by atoms with Crippen molar-refractivity contribution in [1.29, 1.82) is 0 Å². The SMILES string of the molecule is CN=C(NCCCOC1CCOC1)NCc1ccc2c(c1)CCC2. The second-order valence-electron chi connectivity index (χ2n) is 6.52. The van der Waals surface area contributed by atoms with Crippen molar-refractivity contribution in [2.45, 2.75) is 44.8 Å². The number of ether oxygens (including phenoxy) is 2. The van der Waals surface area contributed by atoms with Crippen LogP contribution in [0.2, 0.25) is 0 Å². The lowest BCUT2D eigenvalue weighted by atomic mass is 10.1. The monoisotopic (exact) mass is 331 g/mol. The third-order valence-electron chi connectivity index (χ3n) is 4.70. The van der Waals surface area contributed by atoms with Crippen LogP contribution in [0.4, 0.5) is 0 Å². The maximum Gasteiger partial charge on any atom is 0.191 e. The lowest BCUT2D eigenvalue weighted by Gasteiger charge is -2.13. The number of hydrogen-bond acceptors (Lipinski definition) is 3. The fourth-order valence-electron chi connectivity index (χ4n) is 3.31. The lowest BCUT2D eigenvalue weighted by Crippen LogP contribution is -2.37. The maximum atomic E-state index is 5.77. The maximum absolute atomic E-state index is 5.77. The smallest absolute Gasteiger partial charge is 0.191 e. The fourth-order valence-corrected chi connectivity index (χ4v) is 3.31. The van der Waals surface area contributed by atoms with Crippen molar-refractivity contribution >= 4 is 5.96 Å². The molecule has 2 N–H and O–H groups in total. The van der Waals surface area contributed by atoms with Crippen molar-refractivity contribution in [3.63, 3.8) is 0 Å². The molecule has 5 heteroatoms. The Labute approximate surface area is 144 Å². The van der Waals surface area contributed by atoms with Gasteiger partial charge in [-0.2, -0.15) is 0 Å². The summed E-state index contributed by atoms with van der Waals surface area (Å²) in [6.45, 7) is 4.02. The van der Waals surface area contributed by atoms with Gasteiger partial charge in [-0.15, -0.1) is 0 Å². The Morgan fingerprint density at radius 2 is 2.21 bits per heavy atom. The van der Waals surface area contributed by atoms with Crippen LogP contribution >= 0.6 is 0 Å². The highest BCUT2D eigenvalue weighted by molar-refractivity contribution is 5.79. The van der Waals surface area contributed by atoms with Gasteiger partial charge in [0.15, 0.2) is 5.96 Å². The van der Waals surface area contributed by atoms with Crippen molar-refractivity contribution in [2.24, 2.45) is 4.99 Å². The van der Waals surface area contributed by atoms with E-state index in [1.165, 1.54) is 36.0 Å². The van der Waals surface area contributed by atoms with Gasteiger partial charge in [0, 0.05) is 33.4 Å². The molecular formula is C19H29N3O2. The normalized spacial score (nSPS) is 20.2. The summed E-state index contributed by atoms with van der Waals surface area (Å²) in [7, 11) is 1.81. The molecule has 0 spiro atoms. The Kier molecular flexibility index (Phi) is 6.49. The van der Waals surface area contributed by atoms with Gasteiger partial charge in [0.05, 0.1) is 12.7 Å². The number of benzene rings is 1. The number of rotatable bonds is 7. The van der Waals surface area contributed by atoms with E-state index < -0.39 is 0 Å². The van der Waals surface area contributed by atoms with Crippen molar-refractivity contribution < 1.29 is 9.47 Å². The van der Waals surface area contributed by atoms with Gasteiger partial charge < -0.3 is 20.1 Å². The summed E-state index contributed by atoms with van der Waals surface area (Å²) in [5, 5.41) is 6.73. The quantitative estimate of drug-likeness (QED) is 0.456. The zero-order valence-corrected chi connectivity index (χ0v) is 14.6. The molecule has 1 fully saturated rings. The van der Waals surface area contributed by atoms with Crippen LogP contribution < -0.4 is 10.6 Å². The average Bonchev–Trinajstić information content (AvgIpc) is 3.28. The molecule has 2 aliphatic rings. The Morgan fingerprint density at radius 3 is 3.04 bits per heavy atom. The lowest BCUT2D eigenvalue weighted by molar-refractivity contribution is 0.0420. The Bertz CT molecular complexity index is 554. The van der Waals surface area contributed by atoms with Gasteiger partial charge in [-0.1, -0.05) is 18.2 Å². The minimum atomic E-state index is 0.294. The van der Waals surface area contributed by atoms with Gasteiger partial charge in [0.25, 0.3) is 0 Å². The first-order chi connectivity index (χ1) is 11.8. The summed E-state index contributed by atoms with van der Waals surface area (Å²) < 4.78 is 11.1. The summed E-state index contributed by atoms with van der Waals surface area (Å²) in [5.74, 6) is 0.847. The Morgan fingerprint density at radius 1 is 1.29 bits per heavy atom. The highest BCUT2D eigenvalue weighted by Gasteiger charge is 2.15. The third kappa shape index (κ3) is 4.95. The summed E-state index contributed by atoms with van der Waals surface area (Å²) in [4.78, 5) is 4.28. The predicted molar refractivity (Wildman–Crippen MR) is 96.5 cm³/mol. The molecule has 1 aliphatic carbocycles. The van der Waals surface area contributed by atoms with Crippen LogP contribution in [0, 0.1) is 0 Å². The average molecular weight is 331 g/mol. The summed E-state index contributed by atoms with van der Waals surface area (Å²) >= 11 is 0. The van der Waals surface area contributed by atoms with E-state index in [0.29, 0.717) is 6.10 Å². The minimum Gasteiger partial charge on any atom is -0.379 e. The molecule has 1 saturated heterocycles. The van der Waals surface area contributed by atoms with Crippen LogP contribution in [0.3, 0.4) is 0 Å². The molecule has 0 radical (unpaired) electrons. The summed E-state index contributed by atoms with van der Waals surface area (Å²) in [6, 6.07) is 6.84. The van der Waals surface area contributed by atoms with Crippen LogP contribution in [0.15, 0.2) is 23.2 Å². The number of hydrogen-bond donors (Lipinski definition) is 2. The number of fused-ring (bicyclic) bond motifs is 1. The molecule has 1 atom stereocenters. The molecule has 1 aliphatic heterocycles. The van der Waals surface area contributed by atoms with Gasteiger partial charge in [0.2, 0.25) is 0 Å². The number of aliphatic imine (C=N–C) groups is 1. The van der Waals surface area contributed by atoms with E-state index in [-0.39, 0.29) is 0 Å². The topological polar surface area (TPSA) is 54.9 Å². The molecular weight excluding hydrogens is 302 g/mol. The predicted octanol–water partition coefficient (Wildman–Crippen LogP) is 2.04. The molecule has 1 aromatic carbocycles.